The van der Waals surface area contributed by atoms with E-state index in [0.717, 1.165) is 28.0 Å². The van der Waals surface area contributed by atoms with Crippen molar-refractivity contribution in [3.8, 4) is 17.3 Å². The van der Waals surface area contributed by atoms with Gasteiger partial charge in [0.25, 0.3) is 5.91 Å². The molecule has 2 aromatic carbocycles. The van der Waals surface area contributed by atoms with Crippen LogP contribution in [0.2, 0.25) is 0 Å². The van der Waals surface area contributed by atoms with Crippen molar-refractivity contribution in [1.29, 1.82) is 0 Å². The molecule has 5 rings (SSSR count). The molecule has 8 heteroatoms. The van der Waals surface area contributed by atoms with E-state index < -0.39 is 0 Å². The van der Waals surface area contributed by atoms with E-state index in [2.05, 4.69) is 28.4 Å². The number of benzene rings is 2. The fourth-order valence-electron chi connectivity index (χ4n) is 3.95. The summed E-state index contributed by atoms with van der Waals surface area (Å²) in [6, 6.07) is 16.0. The van der Waals surface area contributed by atoms with Crippen molar-refractivity contribution in [2.75, 3.05) is 30.4 Å². The summed E-state index contributed by atoms with van der Waals surface area (Å²) >= 11 is 0. The van der Waals surface area contributed by atoms with E-state index in [-0.39, 0.29) is 23.2 Å². The standard InChI is InChI=1S/C25H25N5O3/c1-16(2)14-33-21-6-4-3-5-20(21)30-10-9-17-13-18(7-8-19(17)30)29-11-12-32-24-22(25(29)31)23(26)27-15-28-24/h3-10,13,15-16H,11-12,14H2,1-2H3,(H2,26,27,28). The highest BCUT2D eigenvalue weighted by atomic mass is 16.5. The van der Waals surface area contributed by atoms with Crippen LogP contribution in [0.1, 0.15) is 24.2 Å². The molecule has 0 fully saturated rings. The Hall–Kier alpha value is -4.07. The first kappa shape index (κ1) is 20.8. The molecule has 4 aromatic rings. The van der Waals surface area contributed by atoms with Gasteiger partial charge in [-0.15, -0.1) is 0 Å². The summed E-state index contributed by atoms with van der Waals surface area (Å²) in [6.45, 7) is 5.60. The number of para-hydroxylation sites is 2. The maximum atomic E-state index is 13.3. The first-order chi connectivity index (χ1) is 16.0. The molecule has 1 aliphatic rings. The van der Waals surface area contributed by atoms with Crippen molar-refractivity contribution >= 4 is 28.3 Å². The van der Waals surface area contributed by atoms with E-state index in [1.165, 1.54) is 6.33 Å². The van der Waals surface area contributed by atoms with Crippen LogP contribution in [0.5, 0.6) is 11.6 Å². The molecule has 3 heterocycles. The normalized spacial score (nSPS) is 13.7. The van der Waals surface area contributed by atoms with Crippen LogP contribution in [-0.2, 0) is 0 Å². The van der Waals surface area contributed by atoms with E-state index in [0.29, 0.717) is 25.7 Å². The highest BCUT2D eigenvalue weighted by molar-refractivity contribution is 6.11. The predicted molar refractivity (Wildman–Crippen MR) is 127 cm³/mol. The lowest BCUT2D eigenvalue weighted by atomic mass is 10.2. The van der Waals surface area contributed by atoms with Gasteiger partial charge in [-0.25, -0.2) is 9.97 Å². The number of ether oxygens (including phenoxy) is 2. The minimum Gasteiger partial charge on any atom is -0.491 e. The molecule has 0 unspecified atom stereocenters. The monoisotopic (exact) mass is 443 g/mol. The molecule has 2 aromatic heterocycles. The highest BCUT2D eigenvalue weighted by Gasteiger charge is 2.29. The summed E-state index contributed by atoms with van der Waals surface area (Å²) in [5.41, 5.74) is 8.91. The Labute approximate surface area is 191 Å². The zero-order chi connectivity index (χ0) is 22.9. The maximum absolute atomic E-state index is 13.3. The third-order valence-electron chi connectivity index (χ3n) is 5.54. The van der Waals surface area contributed by atoms with Crippen molar-refractivity contribution < 1.29 is 14.3 Å². The highest BCUT2D eigenvalue weighted by Crippen LogP contribution is 2.32. The molecule has 1 aliphatic heterocycles. The summed E-state index contributed by atoms with van der Waals surface area (Å²) in [5, 5.41) is 1.00. The van der Waals surface area contributed by atoms with Gasteiger partial charge in [-0.1, -0.05) is 26.0 Å². The lowest BCUT2D eigenvalue weighted by Gasteiger charge is -2.20. The largest absolute Gasteiger partial charge is 0.491 e. The van der Waals surface area contributed by atoms with Crippen LogP contribution in [0.25, 0.3) is 16.6 Å². The van der Waals surface area contributed by atoms with Gasteiger partial charge in [-0.3, -0.25) is 4.79 Å². The van der Waals surface area contributed by atoms with E-state index in [1.807, 2.05) is 54.7 Å². The molecule has 1 amide bonds. The molecule has 0 aliphatic carbocycles. The number of hydrogen-bond donors (Lipinski definition) is 1. The Morgan fingerprint density at radius 3 is 2.85 bits per heavy atom. The van der Waals surface area contributed by atoms with Gasteiger partial charge in [-0.2, -0.15) is 0 Å². The van der Waals surface area contributed by atoms with Crippen molar-refractivity contribution in [3.05, 3.63) is 66.6 Å². The number of rotatable bonds is 5. The molecule has 0 saturated heterocycles. The molecular weight excluding hydrogens is 418 g/mol. The van der Waals surface area contributed by atoms with Crippen molar-refractivity contribution in [1.82, 2.24) is 14.5 Å². The number of aromatic nitrogens is 3. The third-order valence-corrected chi connectivity index (χ3v) is 5.54. The fourth-order valence-corrected chi connectivity index (χ4v) is 3.95. The molecule has 33 heavy (non-hydrogen) atoms. The SMILES string of the molecule is CC(C)COc1ccccc1-n1ccc2cc(N3CCOc4ncnc(N)c4C3=O)ccc21. The van der Waals surface area contributed by atoms with Gasteiger partial charge in [0, 0.05) is 17.3 Å². The molecular formula is C25H25N5O3. The second kappa shape index (κ2) is 8.46. The quantitative estimate of drug-likeness (QED) is 0.499. The summed E-state index contributed by atoms with van der Waals surface area (Å²) in [6.07, 6.45) is 3.31. The Bertz CT molecular complexity index is 1330. The van der Waals surface area contributed by atoms with Gasteiger partial charge in [0.1, 0.15) is 30.1 Å². The third kappa shape index (κ3) is 3.84. The zero-order valence-electron chi connectivity index (χ0n) is 18.6. The van der Waals surface area contributed by atoms with Crippen LogP contribution in [0.4, 0.5) is 11.5 Å². The number of nitrogen functional groups attached to an aromatic ring is 1. The lowest BCUT2D eigenvalue weighted by Crippen LogP contribution is -2.32. The Morgan fingerprint density at radius 2 is 2.00 bits per heavy atom. The Kier molecular flexibility index (Phi) is 5.34. The fraction of sp³-hybridized carbons (Fsp3) is 0.240. The second-order valence-electron chi connectivity index (χ2n) is 8.35. The minimum atomic E-state index is -0.271. The topological polar surface area (TPSA) is 95.5 Å². The van der Waals surface area contributed by atoms with Crippen LogP contribution in [-0.4, -0.2) is 40.2 Å². The first-order valence-electron chi connectivity index (χ1n) is 10.9. The molecule has 0 atom stereocenters. The van der Waals surface area contributed by atoms with Gasteiger partial charge in [0.2, 0.25) is 5.88 Å². The smallest absolute Gasteiger partial charge is 0.267 e. The van der Waals surface area contributed by atoms with Crippen LogP contribution >= 0.6 is 0 Å². The van der Waals surface area contributed by atoms with E-state index in [9.17, 15) is 4.79 Å². The number of anilines is 2. The summed E-state index contributed by atoms with van der Waals surface area (Å²) in [7, 11) is 0. The zero-order valence-corrected chi connectivity index (χ0v) is 18.6. The average molecular weight is 444 g/mol. The molecule has 168 valence electrons. The van der Waals surface area contributed by atoms with Gasteiger partial charge in [0.05, 0.1) is 24.4 Å². The van der Waals surface area contributed by atoms with Crippen molar-refractivity contribution in [2.24, 2.45) is 5.92 Å². The Balaban J connectivity index is 1.51. The first-order valence-corrected chi connectivity index (χ1v) is 10.9. The van der Waals surface area contributed by atoms with Gasteiger partial charge < -0.3 is 24.7 Å². The van der Waals surface area contributed by atoms with Gasteiger partial charge in [-0.05, 0) is 42.3 Å². The molecule has 0 saturated carbocycles. The lowest BCUT2D eigenvalue weighted by molar-refractivity contribution is 0.0990. The average Bonchev–Trinajstić information content (AvgIpc) is 3.15. The van der Waals surface area contributed by atoms with Gasteiger partial charge in [0.15, 0.2) is 0 Å². The Morgan fingerprint density at radius 1 is 1.15 bits per heavy atom. The number of nitrogens with zero attached hydrogens (tertiary/aromatic N) is 4. The summed E-state index contributed by atoms with van der Waals surface area (Å²) < 4.78 is 13.8. The minimum absolute atomic E-state index is 0.113. The van der Waals surface area contributed by atoms with Crippen LogP contribution in [0, 0.1) is 5.92 Å². The van der Waals surface area contributed by atoms with Crippen LogP contribution < -0.4 is 20.1 Å². The maximum Gasteiger partial charge on any atom is 0.267 e. The molecule has 0 spiro atoms. The molecule has 2 N–H and O–H groups in total. The summed E-state index contributed by atoms with van der Waals surface area (Å²) in [5.74, 6) is 1.33. The number of nitrogens with two attached hydrogens (primary N) is 1. The van der Waals surface area contributed by atoms with Crippen LogP contribution in [0.3, 0.4) is 0 Å². The van der Waals surface area contributed by atoms with Crippen molar-refractivity contribution in [3.63, 3.8) is 0 Å². The number of hydrogen-bond acceptors (Lipinski definition) is 6. The van der Waals surface area contributed by atoms with E-state index in [1.54, 1.807) is 4.90 Å². The summed E-state index contributed by atoms with van der Waals surface area (Å²) in [4.78, 5) is 22.9. The second-order valence-corrected chi connectivity index (χ2v) is 8.35. The molecule has 8 nitrogen and oxygen atoms in total. The number of fused-ring (bicyclic) bond motifs is 2. The number of carbonyl (C=O) groups excluding carboxylic acids is 1. The molecule has 0 radical (unpaired) electrons. The number of amides is 1. The van der Waals surface area contributed by atoms with E-state index >= 15 is 0 Å². The predicted octanol–water partition coefficient (Wildman–Crippen LogP) is 4.08. The van der Waals surface area contributed by atoms with Gasteiger partial charge >= 0.3 is 0 Å². The van der Waals surface area contributed by atoms with Crippen molar-refractivity contribution in [2.45, 2.75) is 13.8 Å². The van der Waals surface area contributed by atoms with Crippen LogP contribution in [0.15, 0.2) is 61.1 Å². The van der Waals surface area contributed by atoms with E-state index in [4.69, 9.17) is 15.2 Å². The number of carbonyl (C=O) groups is 1. The molecule has 0 bridgehead atoms.